The normalized spacial score (nSPS) is 10.8. The fourth-order valence-corrected chi connectivity index (χ4v) is 3.67. The summed E-state index contributed by atoms with van der Waals surface area (Å²) in [5, 5.41) is 1.02. The van der Waals surface area contributed by atoms with Crippen LogP contribution in [0.25, 0.3) is 10.9 Å². The van der Waals surface area contributed by atoms with Crippen LogP contribution < -0.4 is 14.9 Å². The Hall–Kier alpha value is -3.57. The Morgan fingerprint density at radius 2 is 1.58 bits per heavy atom. The highest BCUT2D eigenvalue weighted by Gasteiger charge is 2.19. The number of halogens is 1. The third-order valence-electron chi connectivity index (χ3n) is 5.13. The molecule has 0 atom stereocenters. The molecule has 1 aromatic heterocycles. The quantitative estimate of drug-likeness (QED) is 0.404. The lowest BCUT2D eigenvalue weighted by Crippen LogP contribution is -2.20. The lowest BCUT2D eigenvalue weighted by atomic mass is 10.0. The highest BCUT2D eigenvalue weighted by molar-refractivity contribution is 6.30. The van der Waals surface area contributed by atoms with Gasteiger partial charge >= 0.3 is 0 Å². The highest BCUT2D eigenvalue weighted by Crippen LogP contribution is 2.31. The van der Waals surface area contributed by atoms with E-state index < -0.39 is 0 Å². The van der Waals surface area contributed by atoms with Crippen molar-refractivity contribution < 1.29 is 14.3 Å². The molecule has 0 fully saturated rings. The zero-order chi connectivity index (χ0) is 22.0. The van der Waals surface area contributed by atoms with Gasteiger partial charge in [-0.25, -0.2) is 0 Å². The predicted octanol–water partition coefficient (Wildman–Crippen LogP) is 4.95. The Bertz CT molecular complexity index is 1310. The molecule has 0 saturated heterocycles. The van der Waals surface area contributed by atoms with E-state index in [4.69, 9.17) is 21.1 Å². The molecule has 0 aliphatic carbocycles. The molecule has 0 spiro atoms. The number of fused-ring (bicyclic) bond motifs is 1. The van der Waals surface area contributed by atoms with Gasteiger partial charge in [-0.3, -0.25) is 9.59 Å². The number of rotatable bonds is 6. The molecule has 0 radical (unpaired) electrons. The molecule has 156 valence electrons. The van der Waals surface area contributed by atoms with Gasteiger partial charge in [0.15, 0.2) is 17.3 Å². The molecule has 31 heavy (non-hydrogen) atoms. The highest BCUT2D eigenvalue weighted by atomic mass is 35.5. The second kappa shape index (κ2) is 8.66. The summed E-state index contributed by atoms with van der Waals surface area (Å²) in [7, 11) is 3.05. The van der Waals surface area contributed by atoms with Gasteiger partial charge in [-0.1, -0.05) is 54.1 Å². The van der Waals surface area contributed by atoms with Crippen molar-refractivity contribution in [2.24, 2.45) is 0 Å². The first-order valence-corrected chi connectivity index (χ1v) is 10.0. The van der Waals surface area contributed by atoms with E-state index in [1.54, 1.807) is 61.8 Å². The number of methoxy groups -OCH3 is 2. The summed E-state index contributed by atoms with van der Waals surface area (Å²) in [6.07, 6.45) is 1.61. The van der Waals surface area contributed by atoms with E-state index in [9.17, 15) is 9.59 Å². The van der Waals surface area contributed by atoms with Crippen molar-refractivity contribution in [2.75, 3.05) is 14.2 Å². The van der Waals surface area contributed by atoms with Crippen LogP contribution in [-0.4, -0.2) is 24.6 Å². The van der Waals surface area contributed by atoms with E-state index in [1.807, 2.05) is 22.8 Å². The van der Waals surface area contributed by atoms with Gasteiger partial charge in [0.1, 0.15) is 0 Å². The van der Waals surface area contributed by atoms with Gasteiger partial charge in [-0.2, -0.15) is 0 Å². The fraction of sp³-hybridized carbons (Fsp3) is 0.120. The Labute approximate surface area is 184 Å². The Morgan fingerprint density at radius 3 is 2.23 bits per heavy atom. The standard InChI is InChI=1S/C25H20ClNO4/c1-30-22-12-19-21(13-23(22)31-2)27(14-16-8-10-18(26)11-9-16)15-20(25(19)29)24(28)17-6-4-3-5-7-17/h3-13,15H,14H2,1-2H3. The molecule has 4 rings (SSSR count). The third kappa shape index (κ3) is 4.05. The molecule has 0 amide bonds. The lowest BCUT2D eigenvalue weighted by Gasteiger charge is -2.16. The monoisotopic (exact) mass is 433 g/mol. The first-order valence-electron chi connectivity index (χ1n) is 9.65. The Kier molecular flexibility index (Phi) is 5.78. The first-order chi connectivity index (χ1) is 15.0. The summed E-state index contributed by atoms with van der Waals surface area (Å²) in [5.74, 6) is 0.600. The molecule has 0 aliphatic heterocycles. The van der Waals surface area contributed by atoms with Crippen LogP contribution in [0.3, 0.4) is 0 Å². The molecule has 0 aliphatic rings. The maximum atomic E-state index is 13.3. The van der Waals surface area contributed by atoms with E-state index in [0.29, 0.717) is 39.5 Å². The zero-order valence-electron chi connectivity index (χ0n) is 17.1. The van der Waals surface area contributed by atoms with Crippen LogP contribution in [0.4, 0.5) is 0 Å². The van der Waals surface area contributed by atoms with E-state index in [2.05, 4.69) is 0 Å². The van der Waals surface area contributed by atoms with Crippen molar-refractivity contribution in [3.63, 3.8) is 0 Å². The van der Waals surface area contributed by atoms with Gasteiger partial charge in [0.25, 0.3) is 0 Å². The topological polar surface area (TPSA) is 57.5 Å². The molecule has 0 saturated carbocycles. The molecule has 0 bridgehead atoms. The number of benzene rings is 3. The van der Waals surface area contributed by atoms with Crippen molar-refractivity contribution in [1.29, 1.82) is 0 Å². The Morgan fingerprint density at radius 1 is 0.935 bits per heavy atom. The Balaban J connectivity index is 1.96. The van der Waals surface area contributed by atoms with E-state index >= 15 is 0 Å². The molecule has 0 unspecified atom stereocenters. The number of hydrogen-bond acceptors (Lipinski definition) is 4. The fourth-order valence-electron chi connectivity index (χ4n) is 3.54. The van der Waals surface area contributed by atoms with Crippen LogP contribution in [0.2, 0.25) is 5.02 Å². The number of hydrogen-bond donors (Lipinski definition) is 0. The molecule has 6 heteroatoms. The van der Waals surface area contributed by atoms with Crippen molar-refractivity contribution in [3.8, 4) is 11.5 Å². The van der Waals surface area contributed by atoms with Crippen LogP contribution in [0.1, 0.15) is 21.5 Å². The molecular weight excluding hydrogens is 414 g/mol. The summed E-state index contributed by atoms with van der Waals surface area (Å²) in [4.78, 5) is 26.5. The van der Waals surface area contributed by atoms with Gasteiger partial charge < -0.3 is 14.0 Å². The molecular formula is C25H20ClNO4. The molecule has 0 N–H and O–H groups in total. The van der Waals surface area contributed by atoms with Crippen LogP contribution in [0, 0.1) is 0 Å². The first kappa shape index (κ1) is 20.7. The minimum absolute atomic E-state index is 0.0971. The summed E-state index contributed by atoms with van der Waals surface area (Å²) >= 11 is 6.01. The summed E-state index contributed by atoms with van der Waals surface area (Å²) in [5.41, 5.74) is 1.82. The number of ketones is 1. The van der Waals surface area contributed by atoms with Crippen LogP contribution in [0.5, 0.6) is 11.5 Å². The van der Waals surface area contributed by atoms with Crippen molar-refractivity contribution in [3.05, 3.63) is 105 Å². The number of ether oxygens (including phenoxy) is 2. The minimum Gasteiger partial charge on any atom is -0.493 e. The van der Waals surface area contributed by atoms with Crippen LogP contribution >= 0.6 is 11.6 Å². The maximum absolute atomic E-state index is 13.3. The van der Waals surface area contributed by atoms with Crippen LogP contribution in [-0.2, 0) is 6.54 Å². The minimum atomic E-state index is -0.350. The van der Waals surface area contributed by atoms with Gasteiger partial charge in [0.2, 0.25) is 5.43 Å². The molecule has 4 aromatic rings. The number of nitrogens with zero attached hydrogens (tertiary/aromatic N) is 1. The summed E-state index contributed by atoms with van der Waals surface area (Å²) < 4.78 is 12.7. The second-order valence-electron chi connectivity index (χ2n) is 7.05. The predicted molar refractivity (Wildman–Crippen MR) is 122 cm³/mol. The number of carbonyl (C=O) groups is 1. The zero-order valence-corrected chi connectivity index (χ0v) is 17.8. The van der Waals surface area contributed by atoms with Crippen molar-refractivity contribution >= 4 is 28.3 Å². The van der Waals surface area contributed by atoms with E-state index in [1.165, 1.54) is 7.11 Å². The smallest absolute Gasteiger partial charge is 0.200 e. The van der Waals surface area contributed by atoms with Crippen molar-refractivity contribution in [2.45, 2.75) is 6.54 Å². The average Bonchev–Trinajstić information content (AvgIpc) is 2.81. The lowest BCUT2D eigenvalue weighted by molar-refractivity contribution is 0.103. The SMILES string of the molecule is COc1cc2c(=O)c(C(=O)c3ccccc3)cn(Cc3ccc(Cl)cc3)c2cc1OC. The molecule has 5 nitrogen and oxygen atoms in total. The third-order valence-corrected chi connectivity index (χ3v) is 5.38. The van der Waals surface area contributed by atoms with Gasteiger partial charge in [-0.15, -0.1) is 0 Å². The maximum Gasteiger partial charge on any atom is 0.200 e. The average molecular weight is 434 g/mol. The number of aromatic nitrogens is 1. The molecule has 1 heterocycles. The number of pyridine rings is 1. The van der Waals surface area contributed by atoms with Gasteiger partial charge in [0.05, 0.1) is 30.7 Å². The molecule has 3 aromatic carbocycles. The second-order valence-corrected chi connectivity index (χ2v) is 7.48. The van der Waals surface area contributed by atoms with E-state index in [-0.39, 0.29) is 16.8 Å². The summed E-state index contributed by atoms with van der Waals surface area (Å²) in [6.45, 7) is 0.443. The van der Waals surface area contributed by atoms with Gasteiger partial charge in [0, 0.05) is 29.4 Å². The van der Waals surface area contributed by atoms with Gasteiger partial charge in [-0.05, 0) is 23.8 Å². The van der Waals surface area contributed by atoms with Crippen molar-refractivity contribution in [1.82, 2.24) is 4.57 Å². The number of carbonyl (C=O) groups excluding carboxylic acids is 1. The largest absolute Gasteiger partial charge is 0.493 e. The summed E-state index contributed by atoms with van der Waals surface area (Å²) in [6, 6.07) is 19.6. The van der Waals surface area contributed by atoms with Crippen LogP contribution in [0.15, 0.2) is 77.7 Å². The van der Waals surface area contributed by atoms with E-state index in [0.717, 1.165) is 5.56 Å².